The van der Waals surface area contributed by atoms with Gasteiger partial charge in [0.15, 0.2) is 0 Å². The van der Waals surface area contributed by atoms with E-state index < -0.39 is 0 Å². The van der Waals surface area contributed by atoms with E-state index in [9.17, 15) is 0 Å². The maximum atomic E-state index is 6.22. The second-order valence-electron chi connectivity index (χ2n) is 15.7. The van der Waals surface area contributed by atoms with Crippen molar-refractivity contribution in [3.05, 3.63) is 223 Å². The Morgan fingerprint density at radius 3 is 1.38 bits per heavy atom. The summed E-state index contributed by atoms with van der Waals surface area (Å²) in [7, 11) is 0. The number of pyridine rings is 1. The molecule has 0 aliphatic heterocycles. The zero-order valence-electron chi connectivity index (χ0n) is 31.4. The number of hydrogen-bond donors (Lipinski definition) is 0. The highest BCUT2D eigenvalue weighted by molar-refractivity contribution is 6.22. The molecule has 0 atom stereocenters. The van der Waals surface area contributed by atoms with Gasteiger partial charge in [0.1, 0.15) is 11.2 Å². The number of para-hydroxylation sites is 1. The molecule has 11 aromatic rings. The fourth-order valence-corrected chi connectivity index (χ4v) is 10.6. The van der Waals surface area contributed by atoms with E-state index in [-0.39, 0.29) is 5.41 Å². The van der Waals surface area contributed by atoms with E-state index >= 15 is 0 Å². The third-order valence-electron chi connectivity index (χ3n) is 12.9. The van der Waals surface area contributed by atoms with Gasteiger partial charge < -0.3 is 4.42 Å². The Bertz CT molecular complexity index is 3390. The van der Waals surface area contributed by atoms with Crippen LogP contribution in [0.2, 0.25) is 0 Å². The van der Waals surface area contributed by atoms with Crippen LogP contribution in [-0.4, -0.2) is 4.98 Å². The number of benzene rings is 9. The molecule has 1 spiro atoms. The van der Waals surface area contributed by atoms with Crippen LogP contribution >= 0.6 is 0 Å². The molecule has 0 saturated carbocycles. The number of aromatic nitrogens is 1. The van der Waals surface area contributed by atoms with Gasteiger partial charge in [-0.2, -0.15) is 0 Å². The van der Waals surface area contributed by atoms with Crippen LogP contribution < -0.4 is 0 Å². The van der Waals surface area contributed by atoms with Gasteiger partial charge in [-0.1, -0.05) is 164 Å². The summed E-state index contributed by atoms with van der Waals surface area (Å²) < 4.78 is 6.22. The van der Waals surface area contributed by atoms with Crippen LogP contribution in [0.4, 0.5) is 0 Å². The van der Waals surface area contributed by atoms with E-state index in [1.165, 1.54) is 82.7 Å². The van der Waals surface area contributed by atoms with E-state index in [2.05, 4.69) is 188 Å². The summed E-state index contributed by atoms with van der Waals surface area (Å²) in [6.45, 7) is 0. The topological polar surface area (TPSA) is 26.0 Å². The van der Waals surface area contributed by atoms with Gasteiger partial charge >= 0.3 is 0 Å². The monoisotopic (exact) mass is 735 g/mol. The lowest BCUT2D eigenvalue weighted by atomic mass is 9.70. The third kappa shape index (κ3) is 4.13. The molecule has 268 valence electrons. The molecule has 0 amide bonds. The Morgan fingerprint density at radius 1 is 0.328 bits per heavy atom. The van der Waals surface area contributed by atoms with Crippen molar-refractivity contribution in [2.24, 2.45) is 0 Å². The van der Waals surface area contributed by atoms with Crippen molar-refractivity contribution < 1.29 is 4.42 Å². The average molecular weight is 736 g/mol. The fourth-order valence-electron chi connectivity index (χ4n) is 10.6. The molecule has 2 heteroatoms. The molecule has 0 unspecified atom stereocenters. The number of hydrogen-bond acceptors (Lipinski definition) is 2. The lowest BCUT2D eigenvalue weighted by Crippen LogP contribution is -2.25. The summed E-state index contributed by atoms with van der Waals surface area (Å²) in [6, 6.07) is 70.9. The third-order valence-corrected chi connectivity index (χ3v) is 12.9. The van der Waals surface area contributed by atoms with Gasteiger partial charge in [0, 0.05) is 28.1 Å². The van der Waals surface area contributed by atoms with Gasteiger partial charge in [-0.15, -0.1) is 0 Å². The quantitative estimate of drug-likeness (QED) is 0.169. The van der Waals surface area contributed by atoms with E-state index in [0.717, 1.165) is 38.8 Å². The minimum Gasteiger partial charge on any atom is -0.456 e. The summed E-state index contributed by atoms with van der Waals surface area (Å²) in [5.41, 5.74) is 18.8. The second-order valence-corrected chi connectivity index (χ2v) is 15.7. The highest BCUT2D eigenvalue weighted by atomic mass is 16.3. The highest BCUT2D eigenvalue weighted by Crippen LogP contribution is 2.63. The molecule has 0 bridgehead atoms. The SMILES string of the molecule is c1ccc2c(c1)-c1ccccc1C21c2ccccc2-c2ccc(-c3ccc(-c4c5ccccc5c(-c5ccc6oc7ccccc7c6c5)c5ccccc45)cn3)cc21. The van der Waals surface area contributed by atoms with Crippen molar-refractivity contribution >= 4 is 43.5 Å². The summed E-state index contributed by atoms with van der Waals surface area (Å²) in [4.78, 5) is 5.24. The molecular formula is C56H33NO. The minimum absolute atomic E-state index is 0.385. The lowest BCUT2D eigenvalue weighted by Gasteiger charge is -2.30. The Balaban J connectivity index is 0.973. The molecule has 0 N–H and O–H groups in total. The summed E-state index contributed by atoms with van der Waals surface area (Å²) in [5, 5.41) is 7.11. The predicted molar refractivity (Wildman–Crippen MR) is 239 cm³/mol. The zero-order valence-corrected chi connectivity index (χ0v) is 31.4. The molecule has 9 aromatic carbocycles. The van der Waals surface area contributed by atoms with Crippen molar-refractivity contribution in [3.63, 3.8) is 0 Å². The number of fused-ring (bicyclic) bond motifs is 15. The van der Waals surface area contributed by atoms with Crippen LogP contribution in [-0.2, 0) is 5.41 Å². The first-order valence-corrected chi connectivity index (χ1v) is 20.0. The Morgan fingerprint density at radius 2 is 0.793 bits per heavy atom. The number of furan rings is 1. The van der Waals surface area contributed by atoms with Crippen LogP contribution in [0.3, 0.4) is 0 Å². The van der Waals surface area contributed by atoms with E-state index in [1.807, 2.05) is 12.1 Å². The minimum atomic E-state index is -0.385. The molecule has 0 saturated heterocycles. The van der Waals surface area contributed by atoms with Crippen molar-refractivity contribution in [1.29, 1.82) is 0 Å². The molecule has 2 aromatic heterocycles. The van der Waals surface area contributed by atoms with Crippen molar-refractivity contribution in [2.45, 2.75) is 5.41 Å². The number of rotatable bonds is 3. The van der Waals surface area contributed by atoms with Crippen LogP contribution in [0.15, 0.2) is 205 Å². The second kappa shape index (κ2) is 11.7. The molecular weight excluding hydrogens is 703 g/mol. The van der Waals surface area contributed by atoms with Crippen LogP contribution in [0, 0.1) is 0 Å². The van der Waals surface area contributed by atoms with Crippen LogP contribution in [0.25, 0.3) is 99.2 Å². The Kier molecular flexibility index (Phi) is 6.40. The van der Waals surface area contributed by atoms with Gasteiger partial charge in [0.05, 0.1) is 11.1 Å². The maximum Gasteiger partial charge on any atom is 0.135 e. The smallest absolute Gasteiger partial charge is 0.135 e. The zero-order chi connectivity index (χ0) is 38.0. The van der Waals surface area contributed by atoms with Gasteiger partial charge in [0.2, 0.25) is 0 Å². The van der Waals surface area contributed by atoms with E-state index in [4.69, 9.17) is 9.40 Å². The molecule has 2 heterocycles. The first-order valence-electron chi connectivity index (χ1n) is 20.0. The molecule has 58 heavy (non-hydrogen) atoms. The van der Waals surface area contributed by atoms with E-state index in [1.54, 1.807) is 0 Å². The molecule has 0 fully saturated rings. The standard InChI is InChI=1S/C56H33NO/c1-3-19-44-42(17-1)54(35-27-30-53-46(31-35)41-16-8-12-24-52(41)58-53)43-18-2-4-20-45(43)55(44)36-26-29-51(57-33-36)34-25-28-40-39-15-7-11-23-49(39)56(50(40)32-34)47-21-9-5-13-37(47)38-14-6-10-22-48(38)56/h1-33H. The lowest BCUT2D eigenvalue weighted by molar-refractivity contribution is 0.669. The van der Waals surface area contributed by atoms with Gasteiger partial charge in [-0.05, 0) is 113 Å². The van der Waals surface area contributed by atoms with Crippen LogP contribution in [0.1, 0.15) is 22.3 Å². The normalized spacial score (nSPS) is 13.3. The van der Waals surface area contributed by atoms with Gasteiger partial charge in [0.25, 0.3) is 0 Å². The number of nitrogens with zero attached hydrogens (tertiary/aromatic N) is 1. The summed E-state index contributed by atoms with van der Waals surface area (Å²) >= 11 is 0. The van der Waals surface area contributed by atoms with Crippen LogP contribution in [0.5, 0.6) is 0 Å². The first kappa shape index (κ1) is 31.6. The first-order chi connectivity index (χ1) is 28.8. The summed E-state index contributed by atoms with van der Waals surface area (Å²) in [6.07, 6.45) is 2.07. The molecule has 2 aliphatic rings. The van der Waals surface area contributed by atoms with Crippen molar-refractivity contribution in [2.75, 3.05) is 0 Å². The molecule has 2 nitrogen and oxygen atoms in total. The van der Waals surface area contributed by atoms with Gasteiger partial charge in [-0.25, -0.2) is 0 Å². The van der Waals surface area contributed by atoms with E-state index in [0.29, 0.717) is 0 Å². The Hall–Kier alpha value is -7.55. The molecule has 13 rings (SSSR count). The maximum absolute atomic E-state index is 6.22. The average Bonchev–Trinajstić information content (AvgIpc) is 3.92. The fraction of sp³-hybridized carbons (Fsp3) is 0.0179. The van der Waals surface area contributed by atoms with Crippen molar-refractivity contribution in [3.8, 4) is 55.8 Å². The van der Waals surface area contributed by atoms with Gasteiger partial charge in [-0.3, -0.25) is 4.98 Å². The molecule has 0 radical (unpaired) electrons. The largest absolute Gasteiger partial charge is 0.456 e. The highest BCUT2D eigenvalue weighted by Gasteiger charge is 2.51. The van der Waals surface area contributed by atoms with Crippen molar-refractivity contribution in [1.82, 2.24) is 4.98 Å². The molecule has 2 aliphatic carbocycles. The summed E-state index contributed by atoms with van der Waals surface area (Å²) in [5.74, 6) is 0. The predicted octanol–water partition coefficient (Wildman–Crippen LogP) is 14.6. The Labute approximate surface area is 335 Å².